The van der Waals surface area contributed by atoms with Gasteiger partial charge in [-0.15, -0.1) is 0 Å². The summed E-state index contributed by atoms with van der Waals surface area (Å²) in [6.07, 6.45) is 0.770. The van der Waals surface area contributed by atoms with Gasteiger partial charge >= 0.3 is 0 Å². The van der Waals surface area contributed by atoms with Crippen LogP contribution in [0, 0.1) is 0 Å². The zero-order valence-corrected chi connectivity index (χ0v) is 9.91. The molecule has 0 saturated carbocycles. The first-order chi connectivity index (χ1) is 8.90. The van der Waals surface area contributed by atoms with Gasteiger partial charge in [0.05, 0.1) is 12.2 Å². The fraction of sp³-hybridized carbons (Fsp3) is 0.133. The second kappa shape index (κ2) is 6.57. The van der Waals surface area contributed by atoms with Crippen LogP contribution in [0.5, 0.6) is 5.75 Å². The van der Waals surface area contributed by atoms with Gasteiger partial charge < -0.3 is 9.47 Å². The lowest BCUT2D eigenvalue weighted by molar-refractivity contribution is 0.00478. The van der Waals surface area contributed by atoms with Crippen molar-refractivity contribution in [3.8, 4) is 5.75 Å². The van der Waals surface area contributed by atoms with Gasteiger partial charge in [0.15, 0.2) is 13.1 Å². The van der Waals surface area contributed by atoms with Crippen LogP contribution in [0.25, 0.3) is 0 Å². The maximum Gasteiger partial charge on any atom is 0.189 e. The van der Waals surface area contributed by atoms with Crippen molar-refractivity contribution in [1.82, 2.24) is 0 Å². The van der Waals surface area contributed by atoms with Crippen molar-refractivity contribution in [2.75, 3.05) is 6.79 Å². The van der Waals surface area contributed by atoms with Gasteiger partial charge in [0.2, 0.25) is 0 Å². The Bertz CT molecular complexity index is 494. The van der Waals surface area contributed by atoms with Crippen molar-refractivity contribution in [3.63, 3.8) is 0 Å². The molecule has 0 saturated heterocycles. The van der Waals surface area contributed by atoms with Crippen LogP contribution in [0.4, 0.5) is 0 Å². The van der Waals surface area contributed by atoms with Gasteiger partial charge in [0, 0.05) is 0 Å². The van der Waals surface area contributed by atoms with Crippen LogP contribution in [0.2, 0.25) is 0 Å². The van der Waals surface area contributed by atoms with Crippen molar-refractivity contribution in [2.45, 2.75) is 6.61 Å². The summed E-state index contributed by atoms with van der Waals surface area (Å²) in [5, 5.41) is 0. The van der Waals surface area contributed by atoms with E-state index in [1.807, 2.05) is 36.4 Å². The maximum atomic E-state index is 10.8. The highest BCUT2D eigenvalue weighted by atomic mass is 16.7. The fourth-order valence-corrected chi connectivity index (χ4v) is 1.55. The molecule has 0 aliphatic rings. The van der Waals surface area contributed by atoms with Crippen molar-refractivity contribution < 1.29 is 14.3 Å². The Morgan fingerprint density at radius 1 is 0.944 bits per heavy atom. The first-order valence-electron chi connectivity index (χ1n) is 5.69. The minimum Gasteiger partial charge on any atom is -0.467 e. The normalized spacial score (nSPS) is 10.0. The number of aldehydes is 1. The van der Waals surface area contributed by atoms with E-state index in [4.69, 9.17) is 9.47 Å². The molecule has 3 nitrogen and oxygen atoms in total. The lowest BCUT2D eigenvalue weighted by Crippen LogP contribution is -2.04. The average Bonchev–Trinajstić information content (AvgIpc) is 2.45. The van der Waals surface area contributed by atoms with Crippen LogP contribution in [0.3, 0.4) is 0 Å². The minimum absolute atomic E-state index is 0.125. The van der Waals surface area contributed by atoms with E-state index in [1.54, 1.807) is 18.2 Å². The van der Waals surface area contributed by atoms with Crippen molar-refractivity contribution in [1.29, 1.82) is 0 Å². The third-order valence-corrected chi connectivity index (χ3v) is 2.46. The number of hydrogen-bond acceptors (Lipinski definition) is 3. The molecule has 3 heteroatoms. The Labute approximate surface area is 106 Å². The smallest absolute Gasteiger partial charge is 0.189 e. The van der Waals surface area contributed by atoms with Gasteiger partial charge in [-0.25, -0.2) is 0 Å². The maximum absolute atomic E-state index is 10.8. The predicted octanol–water partition coefficient (Wildman–Crippen LogP) is 3.05. The molecule has 0 unspecified atom stereocenters. The molecule has 0 N–H and O–H groups in total. The molecule has 92 valence electrons. The standard InChI is InChI=1S/C15H14O3/c16-10-14-8-4-5-9-15(14)18-12-17-11-13-6-2-1-3-7-13/h1-10H,11-12H2. The van der Waals surface area contributed by atoms with Gasteiger partial charge in [0.1, 0.15) is 5.75 Å². The average molecular weight is 242 g/mol. The SMILES string of the molecule is O=Cc1ccccc1OCOCc1ccccc1. The second-order valence-corrected chi connectivity index (χ2v) is 3.75. The zero-order valence-electron chi connectivity index (χ0n) is 9.91. The Hall–Kier alpha value is -2.13. The summed E-state index contributed by atoms with van der Waals surface area (Å²) in [5.41, 5.74) is 1.62. The van der Waals surface area contributed by atoms with Crippen LogP contribution >= 0.6 is 0 Å². The number of para-hydroxylation sites is 1. The molecule has 0 radical (unpaired) electrons. The Morgan fingerprint density at radius 3 is 2.44 bits per heavy atom. The van der Waals surface area contributed by atoms with Crippen molar-refractivity contribution in [2.24, 2.45) is 0 Å². The van der Waals surface area contributed by atoms with Crippen molar-refractivity contribution >= 4 is 6.29 Å². The number of carbonyl (C=O) groups is 1. The van der Waals surface area contributed by atoms with E-state index in [0.29, 0.717) is 17.9 Å². The van der Waals surface area contributed by atoms with Gasteiger partial charge in [0.25, 0.3) is 0 Å². The minimum atomic E-state index is 0.125. The molecule has 0 aromatic heterocycles. The predicted molar refractivity (Wildman–Crippen MR) is 68.6 cm³/mol. The molecule has 0 bridgehead atoms. The second-order valence-electron chi connectivity index (χ2n) is 3.75. The van der Waals surface area contributed by atoms with E-state index in [2.05, 4.69) is 0 Å². The van der Waals surface area contributed by atoms with E-state index < -0.39 is 0 Å². The van der Waals surface area contributed by atoms with Crippen LogP contribution in [-0.2, 0) is 11.3 Å². The van der Waals surface area contributed by atoms with Crippen LogP contribution in [0.1, 0.15) is 15.9 Å². The zero-order chi connectivity index (χ0) is 12.6. The molecule has 18 heavy (non-hydrogen) atoms. The van der Waals surface area contributed by atoms with E-state index >= 15 is 0 Å². The summed E-state index contributed by atoms with van der Waals surface area (Å²) < 4.78 is 10.8. The molecular weight excluding hydrogens is 228 g/mol. The van der Waals surface area contributed by atoms with Crippen LogP contribution in [-0.4, -0.2) is 13.1 Å². The van der Waals surface area contributed by atoms with E-state index in [9.17, 15) is 4.79 Å². The van der Waals surface area contributed by atoms with Gasteiger partial charge in [-0.05, 0) is 17.7 Å². The summed E-state index contributed by atoms with van der Waals surface area (Å²) in [6.45, 7) is 0.615. The quantitative estimate of drug-likeness (QED) is 0.443. The molecule has 0 fully saturated rings. The lowest BCUT2D eigenvalue weighted by atomic mass is 10.2. The molecule has 0 amide bonds. The summed E-state index contributed by atoms with van der Waals surface area (Å²) >= 11 is 0. The summed E-state index contributed by atoms with van der Waals surface area (Å²) in [6, 6.07) is 16.9. The molecule has 2 aromatic rings. The van der Waals surface area contributed by atoms with Crippen LogP contribution < -0.4 is 4.74 Å². The molecule has 0 heterocycles. The third-order valence-electron chi connectivity index (χ3n) is 2.46. The highest BCUT2D eigenvalue weighted by Crippen LogP contribution is 2.15. The summed E-state index contributed by atoms with van der Waals surface area (Å²) in [5.74, 6) is 0.542. The number of hydrogen-bond donors (Lipinski definition) is 0. The molecule has 0 aliphatic heterocycles. The van der Waals surface area contributed by atoms with Gasteiger partial charge in [-0.3, -0.25) is 4.79 Å². The van der Waals surface area contributed by atoms with Gasteiger partial charge in [-0.2, -0.15) is 0 Å². The highest BCUT2D eigenvalue weighted by molar-refractivity contribution is 5.79. The Morgan fingerprint density at radius 2 is 1.67 bits per heavy atom. The molecule has 0 aliphatic carbocycles. The topological polar surface area (TPSA) is 35.5 Å². The molecular formula is C15H14O3. The third kappa shape index (κ3) is 3.43. The lowest BCUT2D eigenvalue weighted by Gasteiger charge is -2.08. The summed E-state index contributed by atoms with van der Waals surface area (Å²) in [7, 11) is 0. The number of carbonyl (C=O) groups excluding carboxylic acids is 1. The van der Waals surface area contributed by atoms with E-state index in [-0.39, 0.29) is 6.79 Å². The Balaban J connectivity index is 1.80. The molecule has 0 atom stereocenters. The van der Waals surface area contributed by atoms with Crippen molar-refractivity contribution in [3.05, 3.63) is 65.7 Å². The largest absolute Gasteiger partial charge is 0.467 e. The highest BCUT2D eigenvalue weighted by Gasteiger charge is 2.00. The number of rotatable bonds is 6. The molecule has 0 spiro atoms. The first-order valence-corrected chi connectivity index (χ1v) is 5.69. The molecule has 2 rings (SSSR count). The fourth-order valence-electron chi connectivity index (χ4n) is 1.55. The van der Waals surface area contributed by atoms with Crippen LogP contribution in [0.15, 0.2) is 54.6 Å². The van der Waals surface area contributed by atoms with E-state index in [0.717, 1.165) is 11.8 Å². The Kier molecular flexibility index (Phi) is 4.50. The number of ether oxygens (including phenoxy) is 2. The van der Waals surface area contributed by atoms with Gasteiger partial charge in [-0.1, -0.05) is 42.5 Å². The monoisotopic (exact) mass is 242 g/mol. The first kappa shape index (κ1) is 12.3. The number of benzene rings is 2. The summed E-state index contributed by atoms with van der Waals surface area (Å²) in [4.78, 5) is 10.8. The molecule has 2 aromatic carbocycles. The van der Waals surface area contributed by atoms with E-state index in [1.165, 1.54) is 0 Å².